The summed E-state index contributed by atoms with van der Waals surface area (Å²) in [6.45, 7) is 2.01. The lowest BCUT2D eigenvalue weighted by Gasteiger charge is -2.20. The van der Waals surface area contributed by atoms with Crippen LogP contribution in [0.5, 0.6) is 11.5 Å². The molecule has 0 aliphatic heterocycles. The minimum absolute atomic E-state index is 0.0584. The van der Waals surface area contributed by atoms with Crippen LogP contribution >= 0.6 is 0 Å². The van der Waals surface area contributed by atoms with Crippen LogP contribution in [-0.2, 0) is 12.8 Å². The summed E-state index contributed by atoms with van der Waals surface area (Å²) in [5, 5.41) is 3.07. The number of carbonyl (C=O) groups excluding carboxylic acids is 1. The van der Waals surface area contributed by atoms with Gasteiger partial charge in [-0.15, -0.1) is 0 Å². The van der Waals surface area contributed by atoms with Crippen molar-refractivity contribution in [3.8, 4) is 11.5 Å². The number of carbonyl (C=O) groups is 1. The van der Waals surface area contributed by atoms with Crippen molar-refractivity contribution in [1.29, 1.82) is 0 Å². The maximum atomic E-state index is 12.6. The summed E-state index contributed by atoms with van der Waals surface area (Å²) >= 11 is 0. The Morgan fingerprint density at radius 2 is 1.60 bits per heavy atom. The zero-order valence-corrected chi connectivity index (χ0v) is 15.1. The van der Waals surface area contributed by atoms with Crippen LogP contribution in [0, 0.1) is 0 Å². The molecule has 0 heterocycles. The molecule has 132 valence electrons. The van der Waals surface area contributed by atoms with Crippen molar-refractivity contribution >= 4 is 5.91 Å². The maximum Gasteiger partial charge on any atom is 0.252 e. The quantitative estimate of drug-likeness (QED) is 0.893. The molecular weight excluding hydrogens is 314 g/mol. The number of benzene rings is 2. The third kappa shape index (κ3) is 3.95. The van der Waals surface area contributed by atoms with E-state index in [1.165, 1.54) is 30.4 Å². The Morgan fingerprint density at radius 3 is 2.24 bits per heavy atom. The highest BCUT2D eigenvalue weighted by Crippen LogP contribution is 2.26. The van der Waals surface area contributed by atoms with Gasteiger partial charge in [0.15, 0.2) is 0 Å². The molecule has 4 heteroatoms. The van der Waals surface area contributed by atoms with Crippen LogP contribution in [0.3, 0.4) is 0 Å². The van der Waals surface area contributed by atoms with Gasteiger partial charge in [0.05, 0.1) is 20.3 Å². The molecule has 1 aliphatic carbocycles. The van der Waals surface area contributed by atoms with Crippen LogP contribution < -0.4 is 14.8 Å². The van der Waals surface area contributed by atoms with Gasteiger partial charge in [-0.05, 0) is 61.4 Å². The SMILES string of the molecule is COc1cc(OC)cc(C(=O)N[C@H](C)c2ccc3c(c2)CCCC3)c1. The Morgan fingerprint density at radius 1 is 0.960 bits per heavy atom. The third-order valence-corrected chi connectivity index (χ3v) is 4.83. The van der Waals surface area contributed by atoms with Crippen molar-refractivity contribution in [3.63, 3.8) is 0 Å². The molecule has 0 aromatic heterocycles. The maximum absolute atomic E-state index is 12.6. The molecule has 4 nitrogen and oxygen atoms in total. The first-order valence-electron chi connectivity index (χ1n) is 8.76. The van der Waals surface area contributed by atoms with Crippen molar-refractivity contribution < 1.29 is 14.3 Å². The molecule has 0 saturated heterocycles. The van der Waals surface area contributed by atoms with E-state index >= 15 is 0 Å². The molecule has 1 amide bonds. The summed E-state index contributed by atoms with van der Waals surface area (Å²) < 4.78 is 10.5. The van der Waals surface area contributed by atoms with Crippen molar-refractivity contribution in [2.24, 2.45) is 0 Å². The van der Waals surface area contributed by atoms with Crippen molar-refractivity contribution in [3.05, 3.63) is 58.7 Å². The van der Waals surface area contributed by atoms with E-state index in [0.717, 1.165) is 12.0 Å². The molecule has 0 fully saturated rings. The van der Waals surface area contributed by atoms with E-state index in [1.807, 2.05) is 6.92 Å². The van der Waals surface area contributed by atoms with Crippen molar-refractivity contribution in [1.82, 2.24) is 5.32 Å². The van der Waals surface area contributed by atoms with Crippen LogP contribution in [-0.4, -0.2) is 20.1 Å². The molecule has 1 N–H and O–H groups in total. The zero-order valence-electron chi connectivity index (χ0n) is 15.1. The molecule has 0 spiro atoms. The fraction of sp³-hybridized carbons (Fsp3) is 0.381. The highest BCUT2D eigenvalue weighted by atomic mass is 16.5. The Balaban J connectivity index is 1.76. The second kappa shape index (κ2) is 7.60. The van der Waals surface area contributed by atoms with E-state index in [4.69, 9.17) is 9.47 Å². The average Bonchev–Trinajstić information content (AvgIpc) is 2.66. The normalized spacial score (nSPS) is 14.4. The number of aryl methyl sites for hydroxylation is 2. The number of amides is 1. The van der Waals surface area contributed by atoms with Gasteiger partial charge in [0.2, 0.25) is 0 Å². The molecule has 0 saturated carbocycles. The number of fused-ring (bicyclic) bond motifs is 1. The molecule has 2 aromatic carbocycles. The number of hydrogen-bond acceptors (Lipinski definition) is 3. The van der Waals surface area contributed by atoms with Gasteiger partial charge in [0, 0.05) is 11.6 Å². The highest BCUT2D eigenvalue weighted by molar-refractivity contribution is 5.95. The van der Waals surface area contributed by atoms with Crippen LogP contribution in [0.25, 0.3) is 0 Å². The van der Waals surface area contributed by atoms with Crippen LogP contribution in [0.2, 0.25) is 0 Å². The van der Waals surface area contributed by atoms with Gasteiger partial charge in [-0.2, -0.15) is 0 Å². The van der Waals surface area contributed by atoms with Crippen LogP contribution in [0.1, 0.15) is 52.9 Å². The number of methoxy groups -OCH3 is 2. The lowest BCUT2D eigenvalue weighted by molar-refractivity contribution is 0.0939. The summed E-state index contributed by atoms with van der Waals surface area (Å²) in [4.78, 5) is 12.6. The van der Waals surface area contributed by atoms with Gasteiger partial charge in [-0.1, -0.05) is 18.2 Å². The first-order chi connectivity index (χ1) is 12.1. The van der Waals surface area contributed by atoms with Gasteiger partial charge < -0.3 is 14.8 Å². The Hall–Kier alpha value is -2.49. The first-order valence-corrected chi connectivity index (χ1v) is 8.76. The zero-order chi connectivity index (χ0) is 17.8. The predicted molar refractivity (Wildman–Crippen MR) is 98.5 cm³/mol. The fourth-order valence-corrected chi connectivity index (χ4v) is 3.32. The number of ether oxygens (including phenoxy) is 2. The molecule has 25 heavy (non-hydrogen) atoms. The second-order valence-corrected chi connectivity index (χ2v) is 6.53. The van der Waals surface area contributed by atoms with E-state index < -0.39 is 0 Å². The second-order valence-electron chi connectivity index (χ2n) is 6.53. The summed E-state index contributed by atoms with van der Waals surface area (Å²) in [7, 11) is 3.15. The summed E-state index contributed by atoms with van der Waals surface area (Å²) in [6.07, 6.45) is 4.83. The lowest BCUT2D eigenvalue weighted by atomic mass is 9.89. The van der Waals surface area contributed by atoms with Gasteiger partial charge in [-0.3, -0.25) is 4.79 Å². The Kier molecular flexibility index (Phi) is 5.27. The minimum Gasteiger partial charge on any atom is -0.497 e. The summed E-state index contributed by atoms with van der Waals surface area (Å²) in [5.41, 5.74) is 4.55. The van der Waals surface area contributed by atoms with Gasteiger partial charge in [-0.25, -0.2) is 0 Å². The molecular formula is C21H25NO3. The summed E-state index contributed by atoms with van der Waals surface area (Å²) in [6, 6.07) is 11.7. The molecule has 0 bridgehead atoms. The number of hydrogen-bond donors (Lipinski definition) is 1. The molecule has 3 rings (SSSR count). The topological polar surface area (TPSA) is 47.6 Å². The van der Waals surface area contributed by atoms with Crippen LogP contribution in [0.15, 0.2) is 36.4 Å². The fourth-order valence-electron chi connectivity index (χ4n) is 3.32. The van der Waals surface area contributed by atoms with Gasteiger partial charge >= 0.3 is 0 Å². The monoisotopic (exact) mass is 339 g/mol. The highest BCUT2D eigenvalue weighted by Gasteiger charge is 2.16. The van der Waals surface area contributed by atoms with Crippen LogP contribution in [0.4, 0.5) is 0 Å². The standard InChI is InChI=1S/C21H25NO3/c1-14(16-9-8-15-6-4-5-7-17(15)10-16)22-21(23)18-11-19(24-2)13-20(12-18)25-3/h8-14H,4-7H2,1-3H3,(H,22,23)/t14-/m1/s1. The molecule has 1 atom stereocenters. The van der Waals surface area contributed by atoms with E-state index in [0.29, 0.717) is 17.1 Å². The van der Waals surface area contributed by atoms with E-state index in [2.05, 4.69) is 23.5 Å². The minimum atomic E-state index is -0.137. The summed E-state index contributed by atoms with van der Waals surface area (Å²) in [5.74, 6) is 1.07. The molecule has 0 unspecified atom stereocenters. The predicted octanol–water partition coefficient (Wildman–Crippen LogP) is 4.07. The molecule has 1 aliphatic rings. The van der Waals surface area contributed by atoms with Crippen molar-refractivity contribution in [2.45, 2.75) is 38.6 Å². The van der Waals surface area contributed by atoms with Gasteiger partial charge in [0.25, 0.3) is 5.91 Å². The first kappa shape index (κ1) is 17.3. The average molecular weight is 339 g/mol. The van der Waals surface area contributed by atoms with E-state index in [-0.39, 0.29) is 11.9 Å². The lowest BCUT2D eigenvalue weighted by Crippen LogP contribution is -2.27. The van der Waals surface area contributed by atoms with Gasteiger partial charge in [0.1, 0.15) is 11.5 Å². The molecule has 0 radical (unpaired) electrons. The van der Waals surface area contributed by atoms with E-state index in [1.54, 1.807) is 32.4 Å². The Labute approximate surface area is 149 Å². The Bertz CT molecular complexity index is 747. The smallest absolute Gasteiger partial charge is 0.252 e. The largest absolute Gasteiger partial charge is 0.497 e. The van der Waals surface area contributed by atoms with E-state index in [9.17, 15) is 4.79 Å². The number of rotatable bonds is 5. The number of nitrogens with one attached hydrogen (secondary N) is 1. The third-order valence-electron chi connectivity index (χ3n) is 4.83. The van der Waals surface area contributed by atoms with Crippen molar-refractivity contribution in [2.75, 3.05) is 14.2 Å². The molecule has 2 aromatic rings.